The van der Waals surface area contributed by atoms with E-state index in [0.717, 1.165) is 13.1 Å². The summed E-state index contributed by atoms with van der Waals surface area (Å²) >= 11 is 0. The molecule has 1 amide bonds. The molecule has 1 aliphatic heterocycles. The number of carbonyl (C=O) groups is 1. The summed E-state index contributed by atoms with van der Waals surface area (Å²) in [4.78, 5) is 12.8. The van der Waals surface area contributed by atoms with Crippen molar-refractivity contribution in [2.45, 2.75) is 18.9 Å². The van der Waals surface area contributed by atoms with Crippen LogP contribution in [-0.2, 0) is 4.79 Å². The Morgan fingerprint density at radius 2 is 2.58 bits per heavy atom. The van der Waals surface area contributed by atoms with Gasteiger partial charge in [-0.2, -0.15) is 0 Å². The fraction of sp³-hybridized carbons (Fsp3) is 0.667. The highest BCUT2D eigenvalue weighted by molar-refractivity contribution is 5.86. The van der Waals surface area contributed by atoms with Gasteiger partial charge in [0.2, 0.25) is 5.91 Å². The zero-order valence-corrected chi connectivity index (χ0v) is 7.55. The lowest BCUT2D eigenvalue weighted by Crippen LogP contribution is -2.37. The van der Waals surface area contributed by atoms with Crippen molar-refractivity contribution < 1.29 is 4.79 Å². The largest absolute Gasteiger partial charge is 0.341 e. The lowest BCUT2D eigenvalue weighted by atomic mass is 10.2. The van der Waals surface area contributed by atoms with Gasteiger partial charge in [-0.3, -0.25) is 4.79 Å². The summed E-state index contributed by atoms with van der Waals surface area (Å²) in [6.07, 6.45) is 3.75. The maximum absolute atomic E-state index is 11.1. The van der Waals surface area contributed by atoms with Crippen LogP contribution in [-0.4, -0.2) is 37.0 Å². The molecular formula is C9H16N2O. The summed E-state index contributed by atoms with van der Waals surface area (Å²) < 4.78 is 0. The number of hydrogen-bond donors (Lipinski definition) is 1. The van der Waals surface area contributed by atoms with E-state index in [4.69, 9.17) is 0 Å². The minimum atomic E-state index is 0.00343. The van der Waals surface area contributed by atoms with Gasteiger partial charge in [-0.05, 0) is 25.5 Å². The normalized spacial score (nSPS) is 22.2. The molecule has 0 aromatic carbocycles. The van der Waals surface area contributed by atoms with E-state index < -0.39 is 0 Å². The van der Waals surface area contributed by atoms with E-state index >= 15 is 0 Å². The van der Waals surface area contributed by atoms with Crippen molar-refractivity contribution in [1.82, 2.24) is 10.2 Å². The molecule has 1 saturated heterocycles. The van der Waals surface area contributed by atoms with E-state index in [2.05, 4.69) is 11.9 Å². The topological polar surface area (TPSA) is 32.3 Å². The highest BCUT2D eigenvalue weighted by atomic mass is 16.2. The maximum Gasteiger partial charge on any atom is 0.245 e. The lowest BCUT2D eigenvalue weighted by Gasteiger charge is -2.19. The van der Waals surface area contributed by atoms with Crippen LogP contribution in [0.5, 0.6) is 0 Å². The van der Waals surface area contributed by atoms with E-state index in [1.807, 2.05) is 7.05 Å². The Balaban J connectivity index is 2.29. The summed E-state index contributed by atoms with van der Waals surface area (Å²) in [5, 5.41) is 3.34. The van der Waals surface area contributed by atoms with Gasteiger partial charge in [0.05, 0.1) is 0 Å². The summed E-state index contributed by atoms with van der Waals surface area (Å²) in [5.74, 6) is 0.00343. The van der Waals surface area contributed by atoms with E-state index in [1.165, 1.54) is 18.9 Å². The number of nitrogens with one attached hydrogen (secondary N) is 1. The van der Waals surface area contributed by atoms with Crippen LogP contribution in [0.4, 0.5) is 0 Å². The zero-order chi connectivity index (χ0) is 8.97. The first kappa shape index (κ1) is 9.26. The van der Waals surface area contributed by atoms with Gasteiger partial charge in [0.1, 0.15) is 0 Å². The first-order chi connectivity index (χ1) is 5.74. The molecule has 0 aromatic rings. The minimum absolute atomic E-state index is 0.00343. The van der Waals surface area contributed by atoms with Gasteiger partial charge in [-0.1, -0.05) is 6.58 Å². The summed E-state index contributed by atoms with van der Waals surface area (Å²) in [5.41, 5.74) is 0. The second-order valence-electron chi connectivity index (χ2n) is 3.22. The standard InChI is InChI=1S/C9H16N2O/c1-3-9(12)11(2)7-8-5-4-6-10-8/h3,8,10H,1,4-7H2,2H3. The molecule has 1 fully saturated rings. The highest BCUT2D eigenvalue weighted by Crippen LogP contribution is 2.05. The Bertz CT molecular complexity index is 173. The fourth-order valence-electron chi connectivity index (χ4n) is 1.49. The van der Waals surface area contributed by atoms with Crippen LogP contribution in [0.25, 0.3) is 0 Å². The second kappa shape index (κ2) is 4.26. The van der Waals surface area contributed by atoms with Crippen LogP contribution in [0, 0.1) is 0 Å². The Labute approximate surface area is 73.4 Å². The summed E-state index contributed by atoms with van der Waals surface area (Å²) in [7, 11) is 1.81. The van der Waals surface area contributed by atoms with Gasteiger partial charge < -0.3 is 10.2 Å². The quantitative estimate of drug-likeness (QED) is 0.618. The molecular weight excluding hydrogens is 152 g/mol. The molecule has 3 nitrogen and oxygen atoms in total. The first-order valence-corrected chi connectivity index (χ1v) is 4.35. The molecule has 1 rings (SSSR count). The summed E-state index contributed by atoms with van der Waals surface area (Å²) in [6, 6.07) is 0.485. The molecule has 1 unspecified atom stereocenters. The second-order valence-corrected chi connectivity index (χ2v) is 3.22. The first-order valence-electron chi connectivity index (χ1n) is 4.35. The van der Waals surface area contributed by atoms with Gasteiger partial charge >= 0.3 is 0 Å². The van der Waals surface area contributed by atoms with Gasteiger partial charge in [0, 0.05) is 19.6 Å². The molecule has 68 valence electrons. The van der Waals surface area contributed by atoms with Crippen molar-refractivity contribution in [3.8, 4) is 0 Å². The van der Waals surface area contributed by atoms with E-state index in [-0.39, 0.29) is 5.91 Å². The van der Waals surface area contributed by atoms with Crippen LogP contribution in [0.3, 0.4) is 0 Å². The molecule has 1 aliphatic rings. The van der Waals surface area contributed by atoms with Crippen molar-refractivity contribution >= 4 is 5.91 Å². The Hall–Kier alpha value is -0.830. The zero-order valence-electron chi connectivity index (χ0n) is 7.55. The number of hydrogen-bond acceptors (Lipinski definition) is 2. The predicted molar refractivity (Wildman–Crippen MR) is 48.9 cm³/mol. The average Bonchev–Trinajstić information content (AvgIpc) is 2.55. The molecule has 0 aromatic heterocycles. The third kappa shape index (κ3) is 2.34. The number of carbonyl (C=O) groups excluding carboxylic acids is 1. The highest BCUT2D eigenvalue weighted by Gasteiger charge is 2.16. The van der Waals surface area contributed by atoms with Crippen molar-refractivity contribution in [2.75, 3.05) is 20.1 Å². The molecule has 3 heteroatoms. The van der Waals surface area contributed by atoms with E-state index in [0.29, 0.717) is 6.04 Å². The third-order valence-electron chi connectivity index (χ3n) is 2.21. The summed E-state index contributed by atoms with van der Waals surface area (Å²) in [6.45, 7) is 5.33. The lowest BCUT2D eigenvalue weighted by molar-refractivity contribution is -0.125. The molecule has 0 spiro atoms. The molecule has 1 heterocycles. The Morgan fingerprint density at radius 3 is 3.08 bits per heavy atom. The van der Waals surface area contributed by atoms with E-state index in [1.54, 1.807) is 4.90 Å². The van der Waals surface area contributed by atoms with Gasteiger partial charge in [0.25, 0.3) is 0 Å². The van der Waals surface area contributed by atoms with Crippen LogP contribution < -0.4 is 5.32 Å². The van der Waals surface area contributed by atoms with Gasteiger partial charge in [0.15, 0.2) is 0 Å². The fourth-order valence-corrected chi connectivity index (χ4v) is 1.49. The Morgan fingerprint density at radius 1 is 1.83 bits per heavy atom. The van der Waals surface area contributed by atoms with Crippen molar-refractivity contribution in [3.63, 3.8) is 0 Å². The molecule has 0 aliphatic carbocycles. The Kier molecular flexibility index (Phi) is 3.29. The molecule has 1 atom stereocenters. The maximum atomic E-state index is 11.1. The van der Waals surface area contributed by atoms with Gasteiger partial charge in [-0.25, -0.2) is 0 Å². The van der Waals surface area contributed by atoms with Crippen LogP contribution in [0.2, 0.25) is 0 Å². The molecule has 0 bridgehead atoms. The SMILES string of the molecule is C=CC(=O)N(C)CC1CCCN1. The minimum Gasteiger partial charge on any atom is -0.341 e. The van der Waals surface area contributed by atoms with Crippen molar-refractivity contribution in [3.05, 3.63) is 12.7 Å². The smallest absolute Gasteiger partial charge is 0.245 e. The third-order valence-corrected chi connectivity index (χ3v) is 2.21. The van der Waals surface area contributed by atoms with Crippen LogP contribution in [0.15, 0.2) is 12.7 Å². The van der Waals surface area contributed by atoms with Crippen molar-refractivity contribution in [1.29, 1.82) is 0 Å². The molecule has 12 heavy (non-hydrogen) atoms. The predicted octanol–water partition coefficient (Wildman–Crippen LogP) is 0.383. The molecule has 0 radical (unpaired) electrons. The monoisotopic (exact) mass is 168 g/mol. The average molecular weight is 168 g/mol. The van der Waals surface area contributed by atoms with Crippen molar-refractivity contribution in [2.24, 2.45) is 0 Å². The number of rotatable bonds is 3. The molecule has 1 N–H and O–H groups in total. The van der Waals surface area contributed by atoms with Crippen LogP contribution in [0.1, 0.15) is 12.8 Å². The molecule has 0 saturated carbocycles. The number of nitrogens with zero attached hydrogens (tertiary/aromatic N) is 1. The van der Waals surface area contributed by atoms with E-state index in [9.17, 15) is 4.79 Å². The number of amides is 1. The number of likely N-dealkylation sites (N-methyl/N-ethyl adjacent to an activating group) is 1. The van der Waals surface area contributed by atoms with Crippen LogP contribution >= 0.6 is 0 Å². The van der Waals surface area contributed by atoms with Gasteiger partial charge in [-0.15, -0.1) is 0 Å².